The van der Waals surface area contributed by atoms with Gasteiger partial charge in [-0.15, -0.1) is 0 Å². The molecule has 0 N–H and O–H groups in total. The Morgan fingerprint density at radius 1 is 1.29 bits per heavy atom. The second-order valence-corrected chi connectivity index (χ2v) is 7.26. The average molecular weight is 285 g/mol. The normalized spacial score (nSPS) is 35.0. The first kappa shape index (κ1) is 13.6. The number of hydrogen-bond donors (Lipinski definition) is 0. The fourth-order valence-corrected chi connectivity index (χ4v) is 5.43. The Morgan fingerprint density at radius 3 is 3.05 bits per heavy atom. The lowest BCUT2D eigenvalue weighted by Crippen LogP contribution is -2.59. The molecule has 3 atom stereocenters. The molecule has 2 fully saturated rings. The maximum atomic E-state index is 5.80. The average Bonchev–Trinajstić information content (AvgIpc) is 2.52. The van der Waals surface area contributed by atoms with Gasteiger partial charge in [0.25, 0.3) is 0 Å². The Morgan fingerprint density at radius 2 is 2.19 bits per heavy atom. The van der Waals surface area contributed by atoms with Crippen molar-refractivity contribution in [3.8, 4) is 5.75 Å². The van der Waals surface area contributed by atoms with E-state index in [0.29, 0.717) is 5.41 Å². The van der Waals surface area contributed by atoms with Gasteiger partial charge in [0.05, 0.1) is 6.61 Å². The summed E-state index contributed by atoms with van der Waals surface area (Å²) in [5.41, 5.74) is 3.69. The van der Waals surface area contributed by atoms with Crippen LogP contribution in [0.5, 0.6) is 5.75 Å². The zero-order chi connectivity index (χ0) is 14.4. The van der Waals surface area contributed by atoms with Crippen molar-refractivity contribution in [3.63, 3.8) is 0 Å². The highest BCUT2D eigenvalue weighted by molar-refractivity contribution is 5.45. The van der Waals surface area contributed by atoms with Gasteiger partial charge in [-0.25, -0.2) is 0 Å². The molecular formula is C19H27NO. The van der Waals surface area contributed by atoms with Crippen LogP contribution in [0.25, 0.3) is 0 Å². The van der Waals surface area contributed by atoms with E-state index in [4.69, 9.17) is 4.74 Å². The van der Waals surface area contributed by atoms with Crippen LogP contribution in [0.4, 0.5) is 0 Å². The number of fused-ring (bicyclic) bond motifs is 1. The molecule has 1 aromatic rings. The van der Waals surface area contributed by atoms with E-state index in [1.54, 1.807) is 11.1 Å². The first-order valence-corrected chi connectivity index (χ1v) is 8.71. The number of ether oxygens (including phenoxy) is 1. The molecule has 1 saturated heterocycles. The van der Waals surface area contributed by atoms with Crippen molar-refractivity contribution in [3.05, 3.63) is 29.3 Å². The van der Waals surface area contributed by atoms with Crippen molar-refractivity contribution in [2.45, 2.75) is 56.9 Å². The standard InChI is InChI=1S/C19H27NO/c1-3-21-15-8-7-14-12-18-16-6-4-5-9-19(16,17(14)13-15)10-11-20(18)2/h7-8,13,16,18H,3-6,9-12H2,1-2H3/t16?,18-,19-/m1/s1. The first-order valence-electron chi connectivity index (χ1n) is 8.71. The van der Waals surface area contributed by atoms with Crippen LogP contribution in [0.15, 0.2) is 18.2 Å². The molecule has 1 unspecified atom stereocenters. The largest absolute Gasteiger partial charge is 0.494 e. The van der Waals surface area contributed by atoms with E-state index < -0.39 is 0 Å². The van der Waals surface area contributed by atoms with Crippen molar-refractivity contribution in [1.82, 2.24) is 4.90 Å². The molecule has 1 saturated carbocycles. The lowest BCUT2D eigenvalue weighted by Gasteiger charge is -2.58. The zero-order valence-corrected chi connectivity index (χ0v) is 13.4. The molecule has 2 bridgehead atoms. The van der Waals surface area contributed by atoms with Gasteiger partial charge in [0.15, 0.2) is 0 Å². The van der Waals surface area contributed by atoms with E-state index in [0.717, 1.165) is 24.3 Å². The summed E-state index contributed by atoms with van der Waals surface area (Å²) in [5.74, 6) is 1.95. The molecule has 4 rings (SSSR count). The van der Waals surface area contributed by atoms with Crippen LogP contribution in [0.3, 0.4) is 0 Å². The highest BCUT2D eigenvalue weighted by Crippen LogP contribution is 2.55. The minimum absolute atomic E-state index is 0.454. The topological polar surface area (TPSA) is 12.5 Å². The first-order chi connectivity index (χ1) is 10.2. The number of likely N-dealkylation sites (tertiary alicyclic amines) is 1. The number of rotatable bonds is 2. The third-order valence-electron chi connectivity index (χ3n) is 6.40. The molecule has 0 spiro atoms. The van der Waals surface area contributed by atoms with Gasteiger partial charge in [0.2, 0.25) is 0 Å². The van der Waals surface area contributed by atoms with Crippen molar-refractivity contribution in [2.24, 2.45) is 5.92 Å². The van der Waals surface area contributed by atoms with Gasteiger partial charge in [-0.05, 0) is 75.4 Å². The van der Waals surface area contributed by atoms with E-state index in [9.17, 15) is 0 Å². The molecule has 0 aromatic heterocycles. The summed E-state index contributed by atoms with van der Waals surface area (Å²) in [5, 5.41) is 0. The highest BCUT2D eigenvalue weighted by Gasteiger charge is 2.53. The third-order valence-corrected chi connectivity index (χ3v) is 6.40. The number of hydrogen-bond acceptors (Lipinski definition) is 2. The monoisotopic (exact) mass is 285 g/mol. The number of likely N-dealkylation sites (N-methyl/N-ethyl adjacent to an activating group) is 1. The van der Waals surface area contributed by atoms with Crippen molar-refractivity contribution in [1.29, 1.82) is 0 Å². The molecule has 1 aliphatic heterocycles. The highest BCUT2D eigenvalue weighted by atomic mass is 16.5. The van der Waals surface area contributed by atoms with E-state index in [-0.39, 0.29) is 0 Å². The summed E-state index contributed by atoms with van der Waals surface area (Å²) in [4.78, 5) is 2.63. The molecule has 114 valence electrons. The lowest BCUT2D eigenvalue weighted by molar-refractivity contribution is 0.00271. The van der Waals surface area contributed by atoms with E-state index >= 15 is 0 Å². The fraction of sp³-hybridized carbons (Fsp3) is 0.684. The van der Waals surface area contributed by atoms with E-state index in [1.165, 1.54) is 45.1 Å². The van der Waals surface area contributed by atoms with Crippen LogP contribution in [0.2, 0.25) is 0 Å². The van der Waals surface area contributed by atoms with Gasteiger partial charge in [0, 0.05) is 11.5 Å². The smallest absolute Gasteiger partial charge is 0.119 e. The SMILES string of the molecule is CCOc1ccc2c(c1)[C@@]13CCCCC1[C@@H](C2)N(C)CC3. The Kier molecular flexibility index (Phi) is 3.25. The Hall–Kier alpha value is -1.02. The predicted molar refractivity (Wildman–Crippen MR) is 86.0 cm³/mol. The molecule has 0 radical (unpaired) electrons. The molecule has 2 nitrogen and oxygen atoms in total. The van der Waals surface area contributed by atoms with Crippen molar-refractivity contribution in [2.75, 3.05) is 20.2 Å². The van der Waals surface area contributed by atoms with Crippen molar-refractivity contribution < 1.29 is 4.74 Å². The van der Waals surface area contributed by atoms with Gasteiger partial charge in [-0.1, -0.05) is 18.9 Å². The van der Waals surface area contributed by atoms with Crippen LogP contribution >= 0.6 is 0 Å². The predicted octanol–water partition coefficient (Wildman–Crippen LogP) is 3.77. The Labute approximate surface area is 128 Å². The fourth-order valence-electron chi connectivity index (χ4n) is 5.43. The maximum absolute atomic E-state index is 5.80. The maximum Gasteiger partial charge on any atom is 0.119 e. The van der Waals surface area contributed by atoms with Crippen LogP contribution in [-0.4, -0.2) is 31.1 Å². The van der Waals surface area contributed by atoms with E-state index in [2.05, 4.69) is 37.1 Å². The number of nitrogens with zero attached hydrogens (tertiary/aromatic N) is 1. The van der Waals surface area contributed by atoms with Gasteiger partial charge in [-0.2, -0.15) is 0 Å². The molecule has 1 heterocycles. The Bertz CT molecular complexity index is 540. The summed E-state index contributed by atoms with van der Waals surface area (Å²) in [7, 11) is 2.34. The molecule has 1 aromatic carbocycles. The van der Waals surface area contributed by atoms with Gasteiger partial charge in [-0.3, -0.25) is 0 Å². The second kappa shape index (κ2) is 5.01. The van der Waals surface area contributed by atoms with Crippen LogP contribution in [0.1, 0.15) is 50.2 Å². The van der Waals surface area contributed by atoms with Gasteiger partial charge >= 0.3 is 0 Å². The zero-order valence-electron chi connectivity index (χ0n) is 13.4. The summed E-state index contributed by atoms with van der Waals surface area (Å²) in [6.45, 7) is 4.10. The number of piperidine rings is 1. The molecule has 21 heavy (non-hydrogen) atoms. The summed E-state index contributed by atoms with van der Waals surface area (Å²) in [6, 6.07) is 7.68. The minimum atomic E-state index is 0.454. The summed E-state index contributed by atoms with van der Waals surface area (Å²) >= 11 is 0. The minimum Gasteiger partial charge on any atom is -0.494 e. The summed E-state index contributed by atoms with van der Waals surface area (Å²) in [6.07, 6.45) is 8.23. The number of benzene rings is 1. The molecule has 2 aliphatic carbocycles. The van der Waals surface area contributed by atoms with Crippen LogP contribution < -0.4 is 4.74 Å². The molecular weight excluding hydrogens is 258 g/mol. The molecule has 3 aliphatic rings. The van der Waals surface area contributed by atoms with Crippen LogP contribution in [0, 0.1) is 5.92 Å². The quantitative estimate of drug-likeness (QED) is 0.820. The third kappa shape index (κ3) is 1.95. The van der Waals surface area contributed by atoms with Crippen LogP contribution in [-0.2, 0) is 11.8 Å². The van der Waals surface area contributed by atoms with Gasteiger partial charge in [0.1, 0.15) is 5.75 Å². The van der Waals surface area contributed by atoms with Crippen molar-refractivity contribution >= 4 is 0 Å². The molecule has 0 amide bonds. The van der Waals surface area contributed by atoms with Gasteiger partial charge < -0.3 is 9.64 Å². The lowest BCUT2D eigenvalue weighted by atomic mass is 9.52. The Balaban J connectivity index is 1.83. The summed E-state index contributed by atoms with van der Waals surface area (Å²) < 4.78 is 5.80. The second-order valence-electron chi connectivity index (χ2n) is 7.26. The van der Waals surface area contributed by atoms with E-state index in [1.807, 2.05) is 0 Å². The molecule has 2 heteroatoms.